The molecule has 1 aromatic heterocycles. The van der Waals surface area contributed by atoms with E-state index in [-0.39, 0.29) is 18.7 Å². The Hall–Kier alpha value is -2.60. The summed E-state index contributed by atoms with van der Waals surface area (Å²) in [7, 11) is 0. The Balaban J connectivity index is 2.08. The summed E-state index contributed by atoms with van der Waals surface area (Å²) in [6, 6.07) is 6.81. The predicted octanol–water partition coefficient (Wildman–Crippen LogP) is 3.82. The molecular weight excluding hydrogens is 370 g/mol. The number of aromatic nitrogens is 1. The number of rotatable bonds is 7. The van der Waals surface area contributed by atoms with Gasteiger partial charge >= 0.3 is 11.9 Å². The van der Waals surface area contributed by atoms with Gasteiger partial charge in [0.2, 0.25) is 5.78 Å². The van der Waals surface area contributed by atoms with Crippen molar-refractivity contribution in [2.75, 3.05) is 6.61 Å². The first-order chi connectivity index (χ1) is 12.7. The number of hydrogen-bond acceptors (Lipinski definition) is 5. The van der Waals surface area contributed by atoms with Crippen LogP contribution in [0.3, 0.4) is 0 Å². The molecule has 0 amide bonds. The molecule has 0 saturated carbocycles. The van der Waals surface area contributed by atoms with Crippen molar-refractivity contribution in [1.82, 2.24) is 4.98 Å². The van der Waals surface area contributed by atoms with Crippen LogP contribution >= 0.6 is 11.6 Å². The van der Waals surface area contributed by atoms with Crippen molar-refractivity contribution in [1.29, 1.82) is 0 Å². The molecule has 27 heavy (non-hydrogen) atoms. The minimum absolute atomic E-state index is 0.0333. The molecule has 0 aliphatic heterocycles. The van der Waals surface area contributed by atoms with Gasteiger partial charge in [-0.15, -0.1) is 0 Å². The third-order valence-corrected chi connectivity index (χ3v) is 4.35. The Labute approximate surface area is 162 Å². The first kappa shape index (κ1) is 20.7. The van der Waals surface area contributed by atoms with Crippen LogP contribution in [0.4, 0.5) is 0 Å². The van der Waals surface area contributed by atoms with Gasteiger partial charge in [-0.2, -0.15) is 0 Å². The minimum Gasteiger partial charge on any atom is -0.462 e. The van der Waals surface area contributed by atoms with Gasteiger partial charge in [-0.3, -0.25) is 9.59 Å². The van der Waals surface area contributed by atoms with Gasteiger partial charge < -0.3 is 14.5 Å². The van der Waals surface area contributed by atoms with E-state index in [0.29, 0.717) is 21.8 Å². The Bertz CT molecular complexity index is 854. The van der Waals surface area contributed by atoms with Crippen LogP contribution in [0.25, 0.3) is 0 Å². The number of carbonyl (C=O) groups is 3. The highest BCUT2D eigenvalue weighted by Crippen LogP contribution is 2.21. The highest BCUT2D eigenvalue weighted by molar-refractivity contribution is 6.30. The lowest BCUT2D eigenvalue weighted by atomic mass is 10.1. The van der Waals surface area contributed by atoms with Gasteiger partial charge in [0.15, 0.2) is 6.10 Å². The summed E-state index contributed by atoms with van der Waals surface area (Å²) in [5, 5.41) is 0.575. The Morgan fingerprint density at radius 1 is 1.15 bits per heavy atom. The smallest absolute Gasteiger partial charge is 0.340 e. The number of hydrogen-bond donors (Lipinski definition) is 1. The van der Waals surface area contributed by atoms with Crippen LogP contribution in [0.15, 0.2) is 24.3 Å². The Kier molecular flexibility index (Phi) is 6.80. The third-order valence-electron chi connectivity index (χ3n) is 4.10. The Morgan fingerprint density at radius 2 is 1.78 bits per heavy atom. The monoisotopic (exact) mass is 391 g/mol. The highest BCUT2D eigenvalue weighted by Gasteiger charge is 2.27. The van der Waals surface area contributed by atoms with Crippen LogP contribution in [0, 0.1) is 13.8 Å². The lowest BCUT2D eigenvalue weighted by Gasteiger charge is -2.12. The molecule has 0 saturated heterocycles. The van der Waals surface area contributed by atoms with Crippen LogP contribution in [-0.2, 0) is 20.7 Å². The summed E-state index contributed by atoms with van der Waals surface area (Å²) < 4.78 is 10.3. The van der Waals surface area contributed by atoms with E-state index >= 15 is 0 Å². The van der Waals surface area contributed by atoms with Crippen LogP contribution in [0.2, 0.25) is 5.02 Å². The molecule has 0 unspecified atom stereocenters. The number of benzene rings is 1. The van der Waals surface area contributed by atoms with Crippen molar-refractivity contribution < 1.29 is 23.9 Å². The zero-order chi connectivity index (χ0) is 20.1. The van der Waals surface area contributed by atoms with Crippen molar-refractivity contribution in [2.45, 2.75) is 40.2 Å². The predicted molar refractivity (Wildman–Crippen MR) is 101 cm³/mol. The molecule has 0 bridgehead atoms. The number of esters is 2. The fourth-order valence-electron chi connectivity index (χ4n) is 2.77. The van der Waals surface area contributed by atoms with Crippen LogP contribution in [0.5, 0.6) is 0 Å². The molecule has 1 atom stereocenters. The van der Waals surface area contributed by atoms with Gasteiger partial charge in [0.1, 0.15) is 0 Å². The molecule has 0 radical (unpaired) electrons. The van der Waals surface area contributed by atoms with Crippen LogP contribution in [-0.4, -0.2) is 35.4 Å². The number of H-pyrrole nitrogens is 1. The van der Waals surface area contributed by atoms with Crippen molar-refractivity contribution >= 4 is 29.3 Å². The van der Waals surface area contributed by atoms with Crippen LogP contribution < -0.4 is 0 Å². The van der Waals surface area contributed by atoms with E-state index in [1.807, 2.05) is 0 Å². The molecule has 0 aliphatic carbocycles. The summed E-state index contributed by atoms with van der Waals surface area (Å²) in [5.74, 6) is -1.42. The van der Waals surface area contributed by atoms with Crippen molar-refractivity contribution in [3.8, 4) is 0 Å². The topological polar surface area (TPSA) is 85.5 Å². The van der Waals surface area contributed by atoms with E-state index in [0.717, 1.165) is 5.56 Å². The lowest BCUT2D eigenvalue weighted by molar-refractivity contribution is -0.145. The van der Waals surface area contributed by atoms with Gasteiger partial charge in [0.25, 0.3) is 0 Å². The largest absolute Gasteiger partial charge is 0.462 e. The van der Waals surface area contributed by atoms with E-state index in [9.17, 15) is 14.4 Å². The minimum atomic E-state index is -0.989. The summed E-state index contributed by atoms with van der Waals surface area (Å²) in [6.45, 7) is 6.80. The van der Waals surface area contributed by atoms with E-state index in [4.69, 9.17) is 21.1 Å². The normalized spacial score (nSPS) is 11.7. The summed E-state index contributed by atoms with van der Waals surface area (Å²) >= 11 is 5.82. The first-order valence-corrected chi connectivity index (χ1v) is 8.96. The van der Waals surface area contributed by atoms with E-state index in [2.05, 4.69) is 4.98 Å². The Morgan fingerprint density at radius 3 is 2.37 bits per heavy atom. The second-order valence-corrected chi connectivity index (χ2v) is 6.58. The number of ether oxygens (including phenoxy) is 2. The number of Topliss-reactive ketones (excluding diaryl/α,β-unsaturated/α-hetero) is 1. The second-order valence-electron chi connectivity index (χ2n) is 6.15. The van der Waals surface area contributed by atoms with Crippen molar-refractivity contribution in [3.05, 3.63) is 57.4 Å². The van der Waals surface area contributed by atoms with Crippen LogP contribution in [0.1, 0.15) is 51.5 Å². The van der Waals surface area contributed by atoms with Gasteiger partial charge in [-0.1, -0.05) is 23.7 Å². The first-order valence-electron chi connectivity index (χ1n) is 8.59. The molecule has 0 aliphatic rings. The molecule has 2 rings (SSSR count). The molecular formula is C20H22ClNO5. The lowest BCUT2D eigenvalue weighted by Crippen LogP contribution is -2.26. The summed E-state index contributed by atoms with van der Waals surface area (Å²) in [4.78, 5) is 39.7. The van der Waals surface area contributed by atoms with Gasteiger partial charge in [-0.05, 0) is 51.0 Å². The number of halogens is 1. The molecule has 0 fully saturated rings. The fourth-order valence-corrected chi connectivity index (χ4v) is 2.90. The maximum absolute atomic E-state index is 12.7. The van der Waals surface area contributed by atoms with E-state index in [1.165, 1.54) is 6.92 Å². The number of aryl methyl sites for hydroxylation is 1. The maximum atomic E-state index is 12.7. The summed E-state index contributed by atoms with van der Waals surface area (Å²) in [5.41, 5.74) is 2.33. The van der Waals surface area contributed by atoms with Gasteiger partial charge in [-0.25, -0.2) is 4.79 Å². The quantitative estimate of drug-likeness (QED) is 0.572. The fraction of sp³-hybridized carbons (Fsp3) is 0.350. The van der Waals surface area contributed by atoms with Crippen molar-refractivity contribution in [2.24, 2.45) is 0 Å². The zero-order valence-corrected chi connectivity index (χ0v) is 16.5. The average Bonchev–Trinajstić information content (AvgIpc) is 2.90. The number of aromatic amines is 1. The number of nitrogens with one attached hydrogen (secondary N) is 1. The van der Waals surface area contributed by atoms with Gasteiger partial charge in [0.05, 0.1) is 24.3 Å². The van der Waals surface area contributed by atoms with Gasteiger partial charge in [0, 0.05) is 10.7 Å². The summed E-state index contributed by atoms with van der Waals surface area (Å²) in [6.07, 6.45) is -0.956. The molecule has 6 nitrogen and oxygen atoms in total. The maximum Gasteiger partial charge on any atom is 0.340 e. The molecule has 144 valence electrons. The average molecular weight is 392 g/mol. The molecule has 0 spiro atoms. The number of carbonyl (C=O) groups excluding carboxylic acids is 3. The van der Waals surface area contributed by atoms with E-state index < -0.39 is 23.8 Å². The molecule has 1 N–H and O–H groups in total. The SMILES string of the molecule is CCOC(=O)c1c(C)[nH]c(C(=O)[C@@H](C)OC(=O)Cc2ccc(Cl)cc2)c1C. The van der Waals surface area contributed by atoms with E-state index in [1.54, 1.807) is 45.0 Å². The highest BCUT2D eigenvalue weighted by atomic mass is 35.5. The molecule has 1 heterocycles. The number of ketones is 1. The third kappa shape index (κ3) is 4.98. The molecule has 1 aromatic carbocycles. The van der Waals surface area contributed by atoms with Crippen molar-refractivity contribution in [3.63, 3.8) is 0 Å². The standard InChI is InChI=1S/C20H22ClNO5/c1-5-26-20(25)17-11(2)18(22-12(17)3)19(24)13(4)27-16(23)10-14-6-8-15(21)9-7-14/h6-9,13,22H,5,10H2,1-4H3/t13-/m1/s1. The zero-order valence-electron chi connectivity index (χ0n) is 15.7. The molecule has 2 aromatic rings. The second kappa shape index (κ2) is 8.86. The molecule has 7 heteroatoms.